The van der Waals surface area contributed by atoms with Crippen LogP contribution >= 0.6 is 0 Å². The summed E-state index contributed by atoms with van der Waals surface area (Å²) in [6.07, 6.45) is 2.95. The monoisotopic (exact) mass is 353 g/mol. The molecule has 0 saturated carbocycles. The van der Waals surface area contributed by atoms with Gasteiger partial charge in [-0.3, -0.25) is 4.79 Å². The summed E-state index contributed by atoms with van der Waals surface area (Å²) in [7, 11) is 0. The van der Waals surface area contributed by atoms with E-state index in [2.05, 4.69) is 5.32 Å². The quantitative estimate of drug-likeness (QED) is 0.450. The van der Waals surface area contributed by atoms with Crippen molar-refractivity contribution in [2.24, 2.45) is 0 Å². The predicted molar refractivity (Wildman–Crippen MR) is 101 cm³/mol. The SMILES string of the molecule is Cc1ccc(/C=C/C(=O)OCC(=O)NCCOc2cccc(C)c2)cc1. The molecular formula is C21H23NO4. The van der Waals surface area contributed by atoms with Gasteiger partial charge in [0.2, 0.25) is 0 Å². The molecule has 0 aromatic heterocycles. The number of benzene rings is 2. The second-order valence-corrected chi connectivity index (χ2v) is 5.87. The molecule has 2 aromatic carbocycles. The molecule has 5 heteroatoms. The van der Waals surface area contributed by atoms with Crippen LogP contribution in [0, 0.1) is 13.8 Å². The predicted octanol–water partition coefficient (Wildman–Crippen LogP) is 3.06. The Morgan fingerprint density at radius 2 is 1.81 bits per heavy atom. The van der Waals surface area contributed by atoms with Crippen LogP contribution in [0.3, 0.4) is 0 Å². The first-order valence-corrected chi connectivity index (χ1v) is 8.40. The highest BCUT2D eigenvalue weighted by Gasteiger charge is 2.04. The highest BCUT2D eigenvalue weighted by molar-refractivity contribution is 5.89. The molecule has 26 heavy (non-hydrogen) atoms. The minimum Gasteiger partial charge on any atom is -0.492 e. The van der Waals surface area contributed by atoms with Crippen molar-refractivity contribution in [3.63, 3.8) is 0 Å². The third-order valence-corrected chi connectivity index (χ3v) is 3.52. The average molecular weight is 353 g/mol. The number of ether oxygens (including phenoxy) is 2. The Morgan fingerprint density at radius 1 is 1.04 bits per heavy atom. The lowest BCUT2D eigenvalue weighted by Gasteiger charge is -2.08. The third kappa shape index (κ3) is 7.21. The van der Waals surface area contributed by atoms with Crippen molar-refractivity contribution in [2.75, 3.05) is 19.8 Å². The van der Waals surface area contributed by atoms with Gasteiger partial charge < -0.3 is 14.8 Å². The Labute approximate surface area is 153 Å². The van der Waals surface area contributed by atoms with Crippen LogP contribution in [0.4, 0.5) is 0 Å². The van der Waals surface area contributed by atoms with Crippen LogP contribution in [0.2, 0.25) is 0 Å². The van der Waals surface area contributed by atoms with Crippen molar-refractivity contribution in [3.8, 4) is 5.75 Å². The molecule has 0 bridgehead atoms. The van der Waals surface area contributed by atoms with E-state index >= 15 is 0 Å². The van der Waals surface area contributed by atoms with Crippen molar-refractivity contribution in [2.45, 2.75) is 13.8 Å². The van der Waals surface area contributed by atoms with Crippen LogP contribution in [0.25, 0.3) is 6.08 Å². The molecule has 0 radical (unpaired) electrons. The first kappa shape index (κ1) is 19.2. The van der Waals surface area contributed by atoms with Gasteiger partial charge in [-0.25, -0.2) is 4.79 Å². The molecular weight excluding hydrogens is 330 g/mol. The van der Waals surface area contributed by atoms with Gasteiger partial charge in [0.25, 0.3) is 5.91 Å². The zero-order valence-electron chi connectivity index (χ0n) is 15.0. The molecule has 136 valence electrons. The van der Waals surface area contributed by atoms with Gasteiger partial charge in [-0.15, -0.1) is 0 Å². The maximum absolute atomic E-state index is 11.7. The van der Waals surface area contributed by atoms with Crippen LogP contribution in [-0.2, 0) is 14.3 Å². The molecule has 0 atom stereocenters. The van der Waals surface area contributed by atoms with Gasteiger partial charge in [0.15, 0.2) is 6.61 Å². The minimum atomic E-state index is -0.559. The molecule has 0 fully saturated rings. The van der Waals surface area contributed by atoms with E-state index < -0.39 is 5.97 Å². The van der Waals surface area contributed by atoms with Crippen molar-refractivity contribution in [3.05, 3.63) is 71.3 Å². The molecule has 0 aliphatic heterocycles. The number of aryl methyl sites for hydroxylation is 2. The zero-order valence-corrected chi connectivity index (χ0v) is 15.0. The van der Waals surface area contributed by atoms with E-state index in [0.717, 1.165) is 22.4 Å². The fourth-order valence-corrected chi connectivity index (χ4v) is 2.14. The summed E-state index contributed by atoms with van der Waals surface area (Å²) >= 11 is 0. The van der Waals surface area contributed by atoms with Gasteiger partial charge in [-0.1, -0.05) is 42.0 Å². The largest absolute Gasteiger partial charge is 0.492 e. The van der Waals surface area contributed by atoms with Crippen LogP contribution in [0.1, 0.15) is 16.7 Å². The number of hydrogen-bond acceptors (Lipinski definition) is 4. The summed E-state index contributed by atoms with van der Waals surface area (Å²) in [5.74, 6) is -0.168. The summed E-state index contributed by atoms with van der Waals surface area (Å²) in [4.78, 5) is 23.3. The fraction of sp³-hybridized carbons (Fsp3) is 0.238. The van der Waals surface area contributed by atoms with Crippen LogP contribution in [0.15, 0.2) is 54.6 Å². The summed E-state index contributed by atoms with van der Waals surface area (Å²) in [5, 5.41) is 2.64. The Bertz CT molecular complexity index is 766. The summed E-state index contributed by atoms with van der Waals surface area (Å²) in [5.41, 5.74) is 3.15. The molecule has 1 amide bonds. The molecule has 0 heterocycles. The molecule has 0 aliphatic rings. The lowest BCUT2D eigenvalue weighted by molar-refractivity contribution is -0.143. The van der Waals surface area contributed by atoms with Gasteiger partial charge in [0.05, 0.1) is 6.54 Å². The molecule has 0 spiro atoms. The highest BCUT2D eigenvalue weighted by atomic mass is 16.5. The van der Waals surface area contributed by atoms with E-state index in [9.17, 15) is 9.59 Å². The Morgan fingerprint density at radius 3 is 2.54 bits per heavy atom. The second-order valence-electron chi connectivity index (χ2n) is 5.87. The maximum atomic E-state index is 11.7. The Kier molecular flexibility index (Phi) is 7.43. The molecule has 0 saturated heterocycles. The number of nitrogens with one attached hydrogen (secondary N) is 1. The van der Waals surface area contributed by atoms with Crippen molar-refractivity contribution >= 4 is 18.0 Å². The molecule has 2 rings (SSSR count). The van der Waals surface area contributed by atoms with Crippen LogP contribution < -0.4 is 10.1 Å². The lowest BCUT2D eigenvalue weighted by Crippen LogP contribution is -2.31. The Balaban J connectivity index is 1.62. The summed E-state index contributed by atoms with van der Waals surface area (Å²) in [6, 6.07) is 15.4. The topological polar surface area (TPSA) is 64.6 Å². The van der Waals surface area contributed by atoms with Gasteiger partial charge in [0.1, 0.15) is 12.4 Å². The molecule has 0 unspecified atom stereocenters. The third-order valence-electron chi connectivity index (χ3n) is 3.52. The minimum absolute atomic E-state index is 0.318. The van der Waals surface area contributed by atoms with E-state index in [1.54, 1.807) is 6.08 Å². The van der Waals surface area contributed by atoms with Crippen molar-refractivity contribution in [1.82, 2.24) is 5.32 Å². The number of esters is 1. The summed E-state index contributed by atoms with van der Waals surface area (Å²) < 4.78 is 10.4. The molecule has 0 aliphatic carbocycles. The van der Waals surface area contributed by atoms with Gasteiger partial charge in [-0.05, 0) is 43.2 Å². The fourth-order valence-electron chi connectivity index (χ4n) is 2.14. The molecule has 2 aromatic rings. The van der Waals surface area contributed by atoms with E-state index in [1.165, 1.54) is 6.08 Å². The second kappa shape index (κ2) is 10.0. The smallest absolute Gasteiger partial charge is 0.331 e. The number of carbonyl (C=O) groups excluding carboxylic acids is 2. The van der Waals surface area contributed by atoms with Gasteiger partial charge in [0, 0.05) is 6.08 Å². The zero-order chi connectivity index (χ0) is 18.8. The van der Waals surface area contributed by atoms with Crippen LogP contribution in [0.5, 0.6) is 5.75 Å². The van der Waals surface area contributed by atoms with Crippen molar-refractivity contribution < 1.29 is 19.1 Å². The summed E-state index contributed by atoms with van der Waals surface area (Å²) in [6.45, 7) is 4.34. The van der Waals surface area contributed by atoms with Gasteiger partial charge in [-0.2, -0.15) is 0 Å². The van der Waals surface area contributed by atoms with E-state index in [1.807, 2.05) is 62.4 Å². The first-order chi connectivity index (χ1) is 12.5. The number of hydrogen-bond donors (Lipinski definition) is 1. The Hall–Kier alpha value is -3.08. The van der Waals surface area contributed by atoms with E-state index in [-0.39, 0.29) is 12.5 Å². The molecule has 5 nitrogen and oxygen atoms in total. The van der Waals surface area contributed by atoms with Crippen LogP contribution in [-0.4, -0.2) is 31.6 Å². The number of amides is 1. The number of carbonyl (C=O) groups is 2. The first-order valence-electron chi connectivity index (χ1n) is 8.40. The van der Waals surface area contributed by atoms with E-state index in [0.29, 0.717) is 13.2 Å². The standard InChI is InChI=1S/C21H23NO4/c1-16-6-8-18(9-7-16)10-11-21(24)26-15-20(23)22-12-13-25-19-5-3-4-17(2)14-19/h3-11,14H,12-13,15H2,1-2H3,(H,22,23)/b11-10+. The maximum Gasteiger partial charge on any atom is 0.331 e. The van der Waals surface area contributed by atoms with E-state index in [4.69, 9.17) is 9.47 Å². The molecule has 1 N–H and O–H groups in total. The lowest BCUT2D eigenvalue weighted by atomic mass is 10.1. The average Bonchev–Trinajstić information content (AvgIpc) is 2.63. The normalized spacial score (nSPS) is 10.5. The van der Waals surface area contributed by atoms with Gasteiger partial charge >= 0.3 is 5.97 Å². The number of rotatable bonds is 8. The van der Waals surface area contributed by atoms with Crippen molar-refractivity contribution in [1.29, 1.82) is 0 Å². The highest BCUT2D eigenvalue weighted by Crippen LogP contribution is 2.11.